The number of piperidine rings is 1. The van der Waals surface area contributed by atoms with E-state index in [4.69, 9.17) is 0 Å². The minimum Gasteiger partial charge on any atom is -0.355 e. The van der Waals surface area contributed by atoms with Crippen molar-refractivity contribution in [3.8, 4) is 0 Å². The van der Waals surface area contributed by atoms with Crippen LogP contribution in [-0.2, 0) is 11.3 Å². The number of nitrogens with zero attached hydrogens (tertiary/aromatic N) is 2. The van der Waals surface area contributed by atoms with Gasteiger partial charge in [-0.2, -0.15) is 0 Å². The molecule has 1 aromatic rings. The van der Waals surface area contributed by atoms with Gasteiger partial charge in [0.25, 0.3) is 0 Å². The van der Waals surface area contributed by atoms with Gasteiger partial charge in [0.2, 0.25) is 5.91 Å². The number of amides is 1. The first-order valence-electron chi connectivity index (χ1n) is 9.45. The number of hydrogen-bond acceptors (Lipinski definition) is 3. The van der Waals surface area contributed by atoms with Crippen molar-refractivity contribution in [2.45, 2.75) is 40.2 Å². The second-order valence-corrected chi connectivity index (χ2v) is 8.66. The Hall–Kier alpha value is -1.39. The first kappa shape index (κ1) is 19.9. The van der Waals surface area contributed by atoms with Gasteiger partial charge < -0.3 is 10.2 Å². The number of carbonyl (C=O) groups excluding carboxylic acids is 1. The predicted molar refractivity (Wildman–Crippen MR) is 105 cm³/mol. The van der Waals surface area contributed by atoms with Crippen LogP contribution in [0.5, 0.6) is 0 Å². The molecule has 4 nitrogen and oxygen atoms in total. The standard InChI is InChI=1S/C21H35N3O/c1-17-6-8-18(9-7-17)14-24-12-10-19(11-13-24)20(25)22-15-21(2,3)16-23(4)5/h6-9,19H,10-16H2,1-5H3,(H,22,25). The molecule has 0 spiro atoms. The molecule has 0 aromatic heterocycles. The number of rotatable bonds is 7. The normalized spacial score (nSPS) is 17.0. The molecule has 1 saturated heterocycles. The van der Waals surface area contributed by atoms with Gasteiger partial charge in [0.05, 0.1) is 0 Å². The van der Waals surface area contributed by atoms with Gasteiger partial charge in [-0.15, -0.1) is 0 Å². The van der Waals surface area contributed by atoms with E-state index in [1.807, 2.05) is 0 Å². The summed E-state index contributed by atoms with van der Waals surface area (Å²) >= 11 is 0. The van der Waals surface area contributed by atoms with Crippen molar-refractivity contribution in [2.24, 2.45) is 11.3 Å². The maximum absolute atomic E-state index is 12.5. The van der Waals surface area contributed by atoms with Crippen LogP contribution < -0.4 is 5.32 Å². The Morgan fingerprint density at radius 1 is 1.20 bits per heavy atom. The van der Waals surface area contributed by atoms with E-state index in [0.29, 0.717) is 0 Å². The Labute approximate surface area is 153 Å². The molecule has 0 radical (unpaired) electrons. The predicted octanol–water partition coefficient (Wildman–Crippen LogP) is 2.91. The first-order chi connectivity index (χ1) is 11.7. The van der Waals surface area contributed by atoms with Crippen LogP contribution >= 0.6 is 0 Å². The zero-order valence-corrected chi connectivity index (χ0v) is 16.6. The molecule has 0 aliphatic carbocycles. The molecule has 140 valence electrons. The highest BCUT2D eigenvalue weighted by Gasteiger charge is 2.27. The summed E-state index contributed by atoms with van der Waals surface area (Å²) in [7, 11) is 4.15. The van der Waals surface area contributed by atoms with E-state index in [1.54, 1.807) is 0 Å². The highest BCUT2D eigenvalue weighted by atomic mass is 16.1. The van der Waals surface area contributed by atoms with Gasteiger partial charge in [0, 0.05) is 25.6 Å². The monoisotopic (exact) mass is 345 g/mol. The lowest BCUT2D eigenvalue weighted by Gasteiger charge is -2.33. The number of benzene rings is 1. The molecule has 0 saturated carbocycles. The van der Waals surface area contributed by atoms with Gasteiger partial charge in [0.15, 0.2) is 0 Å². The molecule has 1 aromatic carbocycles. The van der Waals surface area contributed by atoms with Crippen LogP contribution in [0, 0.1) is 18.3 Å². The topological polar surface area (TPSA) is 35.6 Å². The number of hydrogen-bond donors (Lipinski definition) is 1. The zero-order valence-electron chi connectivity index (χ0n) is 16.6. The number of nitrogens with one attached hydrogen (secondary N) is 1. The summed E-state index contributed by atoms with van der Waals surface area (Å²) in [5.74, 6) is 0.409. The maximum Gasteiger partial charge on any atom is 0.223 e. The van der Waals surface area contributed by atoms with Crippen molar-refractivity contribution in [2.75, 3.05) is 40.3 Å². The second kappa shape index (κ2) is 8.81. The molecule has 4 heteroatoms. The Balaban J connectivity index is 1.73. The quantitative estimate of drug-likeness (QED) is 0.825. The van der Waals surface area contributed by atoms with Gasteiger partial charge in [-0.25, -0.2) is 0 Å². The summed E-state index contributed by atoms with van der Waals surface area (Å²) in [6.07, 6.45) is 1.93. The van der Waals surface area contributed by atoms with Gasteiger partial charge in [-0.3, -0.25) is 9.69 Å². The molecule has 1 heterocycles. The molecule has 2 rings (SSSR count). The van der Waals surface area contributed by atoms with Crippen LogP contribution in [-0.4, -0.2) is 56.0 Å². The van der Waals surface area contributed by atoms with Crippen molar-refractivity contribution in [1.82, 2.24) is 15.1 Å². The average molecular weight is 346 g/mol. The molecule has 0 unspecified atom stereocenters. The minimum absolute atomic E-state index is 0.102. The summed E-state index contributed by atoms with van der Waals surface area (Å²) in [6, 6.07) is 8.76. The summed E-state index contributed by atoms with van der Waals surface area (Å²) in [5, 5.41) is 3.18. The molecule has 1 aliphatic heterocycles. The number of aryl methyl sites for hydroxylation is 1. The lowest BCUT2D eigenvalue weighted by Crippen LogP contribution is -2.44. The zero-order chi connectivity index (χ0) is 18.4. The summed E-state index contributed by atoms with van der Waals surface area (Å²) in [4.78, 5) is 17.1. The molecule has 1 N–H and O–H groups in total. The third-order valence-corrected chi connectivity index (χ3v) is 4.97. The Morgan fingerprint density at radius 2 is 1.80 bits per heavy atom. The lowest BCUT2D eigenvalue weighted by atomic mass is 9.91. The SMILES string of the molecule is Cc1ccc(CN2CCC(C(=O)NCC(C)(C)CN(C)C)CC2)cc1. The first-order valence-corrected chi connectivity index (χ1v) is 9.45. The van der Waals surface area contributed by atoms with Crippen LogP contribution in [0.1, 0.15) is 37.8 Å². The van der Waals surface area contributed by atoms with Crippen LogP contribution in [0.25, 0.3) is 0 Å². The van der Waals surface area contributed by atoms with E-state index < -0.39 is 0 Å². The van der Waals surface area contributed by atoms with Gasteiger partial charge >= 0.3 is 0 Å². The third kappa shape index (κ3) is 6.79. The largest absolute Gasteiger partial charge is 0.355 e. The van der Waals surface area contributed by atoms with E-state index in [0.717, 1.165) is 45.6 Å². The molecule has 0 atom stereocenters. The Morgan fingerprint density at radius 3 is 2.36 bits per heavy atom. The summed E-state index contributed by atoms with van der Waals surface area (Å²) in [6.45, 7) is 11.3. The Bertz CT molecular complexity index is 543. The van der Waals surface area contributed by atoms with Crippen molar-refractivity contribution >= 4 is 5.91 Å². The van der Waals surface area contributed by atoms with Crippen molar-refractivity contribution in [3.05, 3.63) is 35.4 Å². The fraction of sp³-hybridized carbons (Fsp3) is 0.667. The molecule has 25 heavy (non-hydrogen) atoms. The fourth-order valence-electron chi connectivity index (χ4n) is 3.69. The molecular formula is C21H35N3O. The summed E-state index contributed by atoms with van der Waals surface area (Å²) < 4.78 is 0. The van der Waals surface area contributed by atoms with E-state index in [9.17, 15) is 4.79 Å². The van der Waals surface area contributed by atoms with Crippen LogP contribution in [0.3, 0.4) is 0 Å². The van der Waals surface area contributed by atoms with Crippen molar-refractivity contribution in [3.63, 3.8) is 0 Å². The molecule has 1 aliphatic rings. The summed E-state index contributed by atoms with van der Waals surface area (Å²) in [5.41, 5.74) is 2.76. The van der Waals surface area contributed by atoms with E-state index in [-0.39, 0.29) is 17.2 Å². The second-order valence-electron chi connectivity index (χ2n) is 8.66. The number of carbonyl (C=O) groups is 1. The highest BCUT2D eigenvalue weighted by Crippen LogP contribution is 2.20. The van der Waals surface area contributed by atoms with Gasteiger partial charge in [-0.1, -0.05) is 43.7 Å². The minimum atomic E-state index is 0.102. The molecular weight excluding hydrogens is 310 g/mol. The van der Waals surface area contributed by atoms with E-state index >= 15 is 0 Å². The van der Waals surface area contributed by atoms with Crippen molar-refractivity contribution in [1.29, 1.82) is 0 Å². The fourth-order valence-corrected chi connectivity index (χ4v) is 3.69. The van der Waals surface area contributed by atoms with E-state index in [2.05, 4.69) is 74.2 Å². The number of likely N-dealkylation sites (tertiary alicyclic amines) is 1. The molecule has 1 fully saturated rings. The van der Waals surface area contributed by atoms with Gasteiger partial charge in [0.1, 0.15) is 0 Å². The molecule has 0 bridgehead atoms. The third-order valence-electron chi connectivity index (χ3n) is 4.97. The average Bonchev–Trinajstić information content (AvgIpc) is 2.54. The van der Waals surface area contributed by atoms with E-state index in [1.165, 1.54) is 11.1 Å². The van der Waals surface area contributed by atoms with Gasteiger partial charge in [-0.05, 0) is 57.9 Å². The molecule has 1 amide bonds. The van der Waals surface area contributed by atoms with Crippen LogP contribution in [0.4, 0.5) is 0 Å². The van der Waals surface area contributed by atoms with Crippen molar-refractivity contribution < 1.29 is 4.79 Å². The lowest BCUT2D eigenvalue weighted by molar-refractivity contribution is -0.127. The highest BCUT2D eigenvalue weighted by molar-refractivity contribution is 5.78. The van der Waals surface area contributed by atoms with Crippen LogP contribution in [0.2, 0.25) is 0 Å². The maximum atomic E-state index is 12.5. The van der Waals surface area contributed by atoms with Crippen LogP contribution in [0.15, 0.2) is 24.3 Å². The Kier molecular flexibility index (Phi) is 7.03. The smallest absolute Gasteiger partial charge is 0.223 e.